The summed E-state index contributed by atoms with van der Waals surface area (Å²) < 4.78 is 53.2. The third-order valence-corrected chi connectivity index (χ3v) is 1.87. The highest BCUT2D eigenvalue weighted by Gasteiger charge is 2.22. The van der Waals surface area contributed by atoms with Crippen LogP contribution in [0, 0.1) is 5.82 Å². The number of carbonyl (C=O) groups is 1. The normalized spacial score (nSPS) is 11.8. The smallest absolute Gasteiger partial charge is 0.409 e. The van der Waals surface area contributed by atoms with Crippen molar-refractivity contribution in [3.05, 3.63) is 41.2 Å². The third-order valence-electron chi connectivity index (χ3n) is 1.87. The average Bonchev–Trinajstić information content (AvgIpc) is 2.25. The van der Waals surface area contributed by atoms with E-state index < -0.39 is 18.0 Å². The fourth-order valence-corrected chi connectivity index (χ4v) is 1.09. The molecule has 0 fully saturated rings. The summed E-state index contributed by atoms with van der Waals surface area (Å²) in [5, 5.41) is 0. The van der Waals surface area contributed by atoms with E-state index >= 15 is 0 Å². The van der Waals surface area contributed by atoms with Crippen LogP contribution in [0.3, 0.4) is 0 Å². The van der Waals surface area contributed by atoms with E-state index in [-0.39, 0.29) is 17.2 Å². The molecule has 0 amide bonds. The fourth-order valence-electron chi connectivity index (χ4n) is 1.09. The quantitative estimate of drug-likeness (QED) is 0.593. The molecule has 17 heavy (non-hydrogen) atoms. The van der Waals surface area contributed by atoms with Crippen LogP contribution >= 0.6 is 0 Å². The van der Waals surface area contributed by atoms with Crippen LogP contribution in [0.1, 0.15) is 15.9 Å². The van der Waals surface area contributed by atoms with Gasteiger partial charge in [-0.2, -0.15) is 13.2 Å². The minimum atomic E-state index is -4.51. The van der Waals surface area contributed by atoms with E-state index in [1.807, 2.05) is 0 Å². The van der Waals surface area contributed by atoms with Crippen molar-refractivity contribution in [2.45, 2.75) is 6.18 Å². The van der Waals surface area contributed by atoms with Gasteiger partial charge in [0.2, 0.25) is 0 Å². The van der Waals surface area contributed by atoms with Crippen molar-refractivity contribution in [2.75, 3.05) is 7.11 Å². The molecule has 1 aromatic rings. The summed E-state index contributed by atoms with van der Waals surface area (Å²) >= 11 is 0. The Bertz CT molecular complexity index is 449. The zero-order chi connectivity index (χ0) is 13.1. The van der Waals surface area contributed by atoms with Crippen LogP contribution in [0.2, 0.25) is 0 Å². The number of allylic oxidation sites excluding steroid dienone is 1. The Morgan fingerprint density at radius 1 is 1.35 bits per heavy atom. The Balaban J connectivity index is 2.99. The van der Waals surface area contributed by atoms with Crippen LogP contribution in [0.5, 0.6) is 0 Å². The molecule has 0 spiro atoms. The molecule has 1 aromatic carbocycles. The summed E-state index contributed by atoms with van der Waals surface area (Å²) in [5.41, 5.74) is -0.316. The first-order valence-electron chi connectivity index (χ1n) is 4.47. The predicted molar refractivity (Wildman–Crippen MR) is 52.8 cm³/mol. The van der Waals surface area contributed by atoms with Crippen LogP contribution < -0.4 is 0 Å². The first-order chi connectivity index (χ1) is 7.83. The van der Waals surface area contributed by atoms with Crippen molar-refractivity contribution in [2.24, 2.45) is 0 Å². The zero-order valence-electron chi connectivity index (χ0n) is 8.72. The second-order valence-electron chi connectivity index (χ2n) is 3.10. The minimum Gasteiger partial charge on any atom is -0.465 e. The molecule has 0 unspecified atom stereocenters. The maximum absolute atomic E-state index is 13.3. The molecule has 92 valence electrons. The van der Waals surface area contributed by atoms with Gasteiger partial charge in [0.15, 0.2) is 0 Å². The molecular formula is C11H8F4O2. The monoisotopic (exact) mass is 248 g/mol. The Morgan fingerprint density at radius 3 is 2.47 bits per heavy atom. The summed E-state index contributed by atoms with van der Waals surface area (Å²) in [6.07, 6.45) is -3.99. The molecule has 0 aliphatic rings. The van der Waals surface area contributed by atoms with Gasteiger partial charge in [-0.1, -0.05) is 6.07 Å². The van der Waals surface area contributed by atoms with Gasteiger partial charge >= 0.3 is 12.1 Å². The highest BCUT2D eigenvalue weighted by molar-refractivity contribution is 5.89. The van der Waals surface area contributed by atoms with E-state index in [0.29, 0.717) is 6.08 Å². The third kappa shape index (κ3) is 3.90. The second-order valence-corrected chi connectivity index (χ2v) is 3.10. The van der Waals surface area contributed by atoms with E-state index in [1.165, 1.54) is 6.07 Å². The molecule has 0 aliphatic carbocycles. The number of methoxy groups -OCH3 is 1. The van der Waals surface area contributed by atoms with Crippen molar-refractivity contribution in [3.8, 4) is 0 Å². The van der Waals surface area contributed by atoms with Crippen LogP contribution in [-0.2, 0) is 4.74 Å². The standard InChI is InChI=1S/C11H8F4O2/c1-17-10(16)8-3-2-7(9(12)6-8)4-5-11(13,14)15/h2-6H,1H3/b5-4-. The first-order valence-corrected chi connectivity index (χ1v) is 4.47. The minimum absolute atomic E-state index is 0.0610. The number of hydrogen-bond donors (Lipinski definition) is 0. The number of benzene rings is 1. The van der Waals surface area contributed by atoms with Gasteiger partial charge in [-0.25, -0.2) is 9.18 Å². The van der Waals surface area contributed by atoms with Crippen molar-refractivity contribution in [3.63, 3.8) is 0 Å². The van der Waals surface area contributed by atoms with Gasteiger partial charge in [0.05, 0.1) is 12.7 Å². The van der Waals surface area contributed by atoms with E-state index in [2.05, 4.69) is 4.74 Å². The summed E-state index contributed by atoms with van der Waals surface area (Å²) in [7, 11) is 1.12. The molecule has 0 aromatic heterocycles. The fraction of sp³-hybridized carbons (Fsp3) is 0.182. The topological polar surface area (TPSA) is 26.3 Å². The van der Waals surface area contributed by atoms with Gasteiger partial charge in [-0.05, 0) is 18.2 Å². The Hall–Kier alpha value is -1.85. The average molecular weight is 248 g/mol. The lowest BCUT2D eigenvalue weighted by Gasteiger charge is -2.02. The Morgan fingerprint density at radius 2 is 2.00 bits per heavy atom. The molecule has 2 nitrogen and oxygen atoms in total. The van der Waals surface area contributed by atoms with E-state index in [0.717, 1.165) is 19.2 Å². The molecule has 1 rings (SSSR count). The Labute approximate surface area is 94.5 Å². The van der Waals surface area contributed by atoms with Gasteiger partial charge in [0, 0.05) is 11.6 Å². The van der Waals surface area contributed by atoms with Crippen molar-refractivity contribution in [1.29, 1.82) is 0 Å². The first kappa shape index (κ1) is 13.2. The number of alkyl halides is 3. The summed E-state index contributed by atoms with van der Waals surface area (Å²) in [5.74, 6) is -1.68. The number of carbonyl (C=O) groups excluding carboxylic acids is 1. The molecule has 0 aliphatic heterocycles. The van der Waals surface area contributed by atoms with Gasteiger partial charge in [0.1, 0.15) is 5.82 Å². The highest BCUT2D eigenvalue weighted by atomic mass is 19.4. The predicted octanol–water partition coefficient (Wildman–Crippen LogP) is 3.19. The van der Waals surface area contributed by atoms with E-state index in [1.54, 1.807) is 0 Å². The number of rotatable bonds is 2. The molecule has 0 radical (unpaired) electrons. The van der Waals surface area contributed by atoms with Gasteiger partial charge in [0.25, 0.3) is 0 Å². The SMILES string of the molecule is COC(=O)c1ccc(/C=C\C(F)(F)F)c(F)c1. The maximum atomic E-state index is 13.3. The number of halogens is 4. The molecule has 0 heterocycles. The maximum Gasteiger partial charge on any atom is 0.409 e. The molecule has 0 saturated heterocycles. The van der Waals surface area contributed by atoms with Crippen LogP contribution in [0.4, 0.5) is 17.6 Å². The molecule has 0 bridgehead atoms. The van der Waals surface area contributed by atoms with Crippen LogP contribution in [0.15, 0.2) is 24.3 Å². The van der Waals surface area contributed by atoms with Crippen LogP contribution in [-0.4, -0.2) is 19.3 Å². The number of esters is 1. The second kappa shape index (κ2) is 4.99. The van der Waals surface area contributed by atoms with Crippen LogP contribution in [0.25, 0.3) is 6.08 Å². The largest absolute Gasteiger partial charge is 0.465 e. The lowest BCUT2D eigenvalue weighted by atomic mass is 10.1. The summed E-state index contributed by atoms with van der Waals surface area (Å²) in [6.45, 7) is 0. The van der Waals surface area contributed by atoms with Gasteiger partial charge in [-0.15, -0.1) is 0 Å². The van der Waals surface area contributed by atoms with Gasteiger partial charge in [-0.3, -0.25) is 0 Å². The van der Waals surface area contributed by atoms with Crippen molar-refractivity contribution in [1.82, 2.24) is 0 Å². The molecule has 0 atom stereocenters. The molecule has 6 heteroatoms. The highest BCUT2D eigenvalue weighted by Crippen LogP contribution is 2.20. The van der Waals surface area contributed by atoms with E-state index in [9.17, 15) is 22.4 Å². The molecular weight excluding hydrogens is 240 g/mol. The van der Waals surface area contributed by atoms with E-state index in [4.69, 9.17) is 0 Å². The molecule has 0 N–H and O–H groups in total. The zero-order valence-corrected chi connectivity index (χ0v) is 8.72. The summed E-state index contributed by atoms with van der Waals surface area (Å²) in [6, 6.07) is 3.08. The summed E-state index contributed by atoms with van der Waals surface area (Å²) in [4.78, 5) is 11.0. The molecule has 0 saturated carbocycles. The number of hydrogen-bond acceptors (Lipinski definition) is 2. The number of ether oxygens (including phenoxy) is 1. The van der Waals surface area contributed by atoms with Crippen molar-refractivity contribution < 1.29 is 27.1 Å². The Kier molecular flexibility index (Phi) is 3.88. The van der Waals surface area contributed by atoms with Crippen molar-refractivity contribution >= 4 is 12.0 Å². The lowest BCUT2D eigenvalue weighted by molar-refractivity contribution is -0.0790. The van der Waals surface area contributed by atoms with Gasteiger partial charge < -0.3 is 4.74 Å². The lowest BCUT2D eigenvalue weighted by Crippen LogP contribution is -2.03.